The van der Waals surface area contributed by atoms with Gasteiger partial charge >= 0.3 is 0 Å². The topological polar surface area (TPSA) is 83.7 Å². The molecule has 0 spiro atoms. The predicted molar refractivity (Wildman–Crippen MR) is 125 cm³/mol. The Balaban J connectivity index is 1.64. The van der Waals surface area contributed by atoms with Crippen molar-refractivity contribution < 1.29 is 17.6 Å². The number of hydrogen-bond acceptors (Lipinski definition) is 5. The van der Waals surface area contributed by atoms with Crippen molar-refractivity contribution in [1.82, 2.24) is 9.88 Å². The van der Waals surface area contributed by atoms with Crippen LogP contribution in [0.2, 0.25) is 0 Å². The molecule has 4 aromatic rings. The summed E-state index contributed by atoms with van der Waals surface area (Å²) in [7, 11) is -2.36. The average molecular weight is 462 g/mol. The standard InChI is InChI=1S/C25H23N3O4S/c1-27(22-10-3-2-4-11-22)33(30,31)24-13-5-9-21(16-24)25(29)28(19-23-12-7-15-32-23)18-20-8-6-14-26-17-20/h2-17H,18-19H2,1H3. The number of anilines is 1. The van der Waals surface area contributed by atoms with Gasteiger partial charge in [0.2, 0.25) is 0 Å². The zero-order valence-corrected chi connectivity index (χ0v) is 18.9. The summed E-state index contributed by atoms with van der Waals surface area (Å²) in [4.78, 5) is 19.2. The number of nitrogens with zero attached hydrogens (tertiary/aromatic N) is 3. The first kappa shape index (κ1) is 22.3. The first-order valence-corrected chi connectivity index (χ1v) is 11.7. The molecule has 0 aliphatic carbocycles. The molecule has 2 aromatic heterocycles. The maximum Gasteiger partial charge on any atom is 0.264 e. The van der Waals surface area contributed by atoms with Crippen LogP contribution in [0.1, 0.15) is 21.7 Å². The van der Waals surface area contributed by atoms with Crippen LogP contribution >= 0.6 is 0 Å². The first-order valence-electron chi connectivity index (χ1n) is 10.3. The fraction of sp³-hybridized carbons (Fsp3) is 0.120. The molecule has 7 nitrogen and oxygen atoms in total. The lowest BCUT2D eigenvalue weighted by Gasteiger charge is -2.23. The molecule has 0 radical (unpaired) electrons. The van der Waals surface area contributed by atoms with Gasteiger partial charge in [0.05, 0.1) is 23.4 Å². The Bertz CT molecular complexity index is 1310. The summed E-state index contributed by atoms with van der Waals surface area (Å²) in [5, 5.41) is 0. The zero-order valence-electron chi connectivity index (χ0n) is 18.0. The number of pyridine rings is 1. The van der Waals surface area contributed by atoms with Gasteiger partial charge < -0.3 is 9.32 Å². The van der Waals surface area contributed by atoms with Crippen LogP contribution in [0.3, 0.4) is 0 Å². The third kappa shape index (κ3) is 5.12. The number of furan rings is 1. The minimum absolute atomic E-state index is 0.0408. The molecule has 2 aromatic carbocycles. The van der Waals surface area contributed by atoms with Crippen molar-refractivity contribution in [3.63, 3.8) is 0 Å². The number of carbonyl (C=O) groups is 1. The molecule has 0 saturated carbocycles. The molecule has 0 N–H and O–H groups in total. The minimum atomic E-state index is -3.85. The monoisotopic (exact) mass is 461 g/mol. The van der Waals surface area contributed by atoms with Crippen molar-refractivity contribution in [2.45, 2.75) is 18.0 Å². The third-order valence-corrected chi connectivity index (χ3v) is 6.95. The number of para-hydroxylation sites is 1. The zero-order chi connectivity index (χ0) is 23.3. The van der Waals surface area contributed by atoms with Gasteiger partial charge in [0.15, 0.2) is 0 Å². The largest absolute Gasteiger partial charge is 0.467 e. The molecule has 2 heterocycles. The van der Waals surface area contributed by atoms with Crippen molar-refractivity contribution in [3.05, 3.63) is 114 Å². The Morgan fingerprint density at radius 2 is 1.76 bits per heavy atom. The smallest absolute Gasteiger partial charge is 0.264 e. The lowest BCUT2D eigenvalue weighted by molar-refractivity contribution is 0.0717. The van der Waals surface area contributed by atoms with E-state index in [9.17, 15) is 13.2 Å². The van der Waals surface area contributed by atoms with E-state index in [0.717, 1.165) is 5.56 Å². The van der Waals surface area contributed by atoms with Gasteiger partial charge in [-0.2, -0.15) is 0 Å². The van der Waals surface area contributed by atoms with Gasteiger partial charge in [-0.05, 0) is 54.1 Å². The number of aromatic nitrogens is 1. The summed E-state index contributed by atoms with van der Waals surface area (Å²) < 4.78 is 33.0. The summed E-state index contributed by atoms with van der Waals surface area (Å²) in [5.41, 5.74) is 1.66. The highest BCUT2D eigenvalue weighted by molar-refractivity contribution is 7.92. The van der Waals surface area contributed by atoms with Gasteiger partial charge in [-0.25, -0.2) is 8.42 Å². The molecule has 0 bridgehead atoms. The van der Waals surface area contributed by atoms with E-state index in [1.807, 2.05) is 12.1 Å². The van der Waals surface area contributed by atoms with Gasteiger partial charge in [-0.3, -0.25) is 14.1 Å². The molecule has 4 rings (SSSR count). The second-order valence-corrected chi connectivity index (χ2v) is 9.41. The van der Waals surface area contributed by atoms with Crippen LogP contribution in [0.4, 0.5) is 5.69 Å². The van der Waals surface area contributed by atoms with Crippen LogP contribution in [-0.4, -0.2) is 31.3 Å². The molecule has 0 unspecified atom stereocenters. The summed E-state index contributed by atoms with van der Waals surface area (Å²) in [6.45, 7) is 0.538. The average Bonchev–Trinajstić information content (AvgIpc) is 3.37. The van der Waals surface area contributed by atoms with Crippen LogP contribution < -0.4 is 4.31 Å². The minimum Gasteiger partial charge on any atom is -0.467 e. The number of benzene rings is 2. The Labute approximate surface area is 193 Å². The Morgan fingerprint density at radius 3 is 2.45 bits per heavy atom. The molecule has 0 aliphatic rings. The number of sulfonamides is 1. The molecular formula is C25H23N3O4S. The van der Waals surface area contributed by atoms with E-state index in [2.05, 4.69) is 4.98 Å². The van der Waals surface area contributed by atoms with Crippen LogP contribution in [0.25, 0.3) is 0 Å². The number of amides is 1. The van der Waals surface area contributed by atoms with Crippen LogP contribution in [-0.2, 0) is 23.1 Å². The molecule has 168 valence electrons. The maximum absolute atomic E-state index is 13.4. The Morgan fingerprint density at radius 1 is 0.939 bits per heavy atom. The van der Waals surface area contributed by atoms with Crippen molar-refractivity contribution in [3.8, 4) is 0 Å². The van der Waals surface area contributed by atoms with Crippen LogP contribution in [0.5, 0.6) is 0 Å². The fourth-order valence-electron chi connectivity index (χ4n) is 3.41. The number of carbonyl (C=O) groups excluding carboxylic acids is 1. The van der Waals surface area contributed by atoms with Gasteiger partial charge in [0.1, 0.15) is 5.76 Å². The molecule has 33 heavy (non-hydrogen) atoms. The summed E-state index contributed by atoms with van der Waals surface area (Å²) in [6.07, 6.45) is 4.91. The molecule has 0 fully saturated rings. The highest BCUT2D eigenvalue weighted by atomic mass is 32.2. The summed E-state index contributed by atoms with van der Waals surface area (Å²) in [6, 6.07) is 22.1. The molecule has 8 heteroatoms. The van der Waals surface area contributed by atoms with Crippen molar-refractivity contribution >= 4 is 21.6 Å². The van der Waals surface area contributed by atoms with Crippen molar-refractivity contribution in [1.29, 1.82) is 0 Å². The van der Waals surface area contributed by atoms with Crippen molar-refractivity contribution in [2.75, 3.05) is 11.4 Å². The van der Waals surface area contributed by atoms with Gasteiger partial charge in [-0.15, -0.1) is 0 Å². The lowest BCUT2D eigenvalue weighted by atomic mass is 10.1. The normalized spacial score (nSPS) is 11.2. The summed E-state index contributed by atoms with van der Waals surface area (Å²) in [5.74, 6) is 0.314. The van der Waals surface area contributed by atoms with Gasteiger partial charge in [0.25, 0.3) is 15.9 Å². The highest BCUT2D eigenvalue weighted by Gasteiger charge is 2.24. The van der Waals surface area contributed by atoms with E-state index in [-0.39, 0.29) is 22.9 Å². The van der Waals surface area contributed by atoms with Gasteiger partial charge in [0, 0.05) is 31.5 Å². The predicted octanol–water partition coefficient (Wildman–Crippen LogP) is 4.34. The van der Waals surface area contributed by atoms with E-state index in [0.29, 0.717) is 18.0 Å². The Kier molecular flexibility index (Phi) is 6.55. The second kappa shape index (κ2) is 9.70. The highest BCUT2D eigenvalue weighted by Crippen LogP contribution is 2.23. The quantitative estimate of drug-likeness (QED) is 0.390. The summed E-state index contributed by atoms with van der Waals surface area (Å²) >= 11 is 0. The number of hydrogen-bond donors (Lipinski definition) is 0. The van der Waals surface area contributed by atoms with Gasteiger partial charge in [-0.1, -0.05) is 30.3 Å². The van der Waals surface area contributed by atoms with E-state index in [1.54, 1.807) is 78.2 Å². The molecule has 1 amide bonds. The molecule has 0 aliphatic heterocycles. The molecular weight excluding hydrogens is 438 g/mol. The third-order valence-electron chi connectivity index (χ3n) is 5.17. The van der Waals surface area contributed by atoms with Crippen LogP contribution in [0, 0.1) is 0 Å². The second-order valence-electron chi connectivity index (χ2n) is 7.44. The Hall–Kier alpha value is -3.91. The van der Waals surface area contributed by atoms with E-state index in [4.69, 9.17) is 4.42 Å². The van der Waals surface area contributed by atoms with Crippen LogP contribution in [0.15, 0.2) is 107 Å². The van der Waals surface area contributed by atoms with E-state index < -0.39 is 10.0 Å². The maximum atomic E-state index is 13.4. The number of rotatable bonds is 8. The lowest BCUT2D eigenvalue weighted by Crippen LogP contribution is -2.31. The molecule has 0 saturated heterocycles. The van der Waals surface area contributed by atoms with E-state index >= 15 is 0 Å². The van der Waals surface area contributed by atoms with E-state index in [1.165, 1.54) is 23.5 Å². The molecule has 0 atom stereocenters. The fourth-order valence-corrected chi connectivity index (χ4v) is 4.65. The first-order chi connectivity index (χ1) is 15.9. The van der Waals surface area contributed by atoms with Crippen molar-refractivity contribution in [2.24, 2.45) is 0 Å². The SMILES string of the molecule is CN(c1ccccc1)S(=O)(=O)c1cccc(C(=O)N(Cc2cccnc2)Cc2ccco2)c1.